The van der Waals surface area contributed by atoms with Crippen molar-refractivity contribution < 1.29 is 9.53 Å². The summed E-state index contributed by atoms with van der Waals surface area (Å²) >= 11 is 0. The van der Waals surface area contributed by atoms with E-state index in [4.69, 9.17) is 4.74 Å². The van der Waals surface area contributed by atoms with Gasteiger partial charge in [0.2, 0.25) is 0 Å². The van der Waals surface area contributed by atoms with Crippen molar-refractivity contribution in [3.05, 3.63) is 0 Å². The molecular weight excluding hydrogens is 204 g/mol. The van der Waals surface area contributed by atoms with E-state index in [9.17, 15) is 4.79 Å². The van der Waals surface area contributed by atoms with E-state index in [0.29, 0.717) is 6.61 Å². The molecule has 1 fully saturated rings. The predicted molar refractivity (Wildman–Crippen MR) is 57.9 cm³/mol. The van der Waals surface area contributed by atoms with Crippen LogP contribution in [0.4, 0.5) is 4.79 Å². The molecule has 0 aromatic rings. The summed E-state index contributed by atoms with van der Waals surface area (Å²) < 4.78 is 5.05. The summed E-state index contributed by atoms with van der Waals surface area (Å²) in [6.07, 6.45) is 1.74. The number of amides is 1. The van der Waals surface area contributed by atoms with Gasteiger partial charge in [-0.2, -0.15) is 0 Å². The molecule has 0 aliphatic carbocycles. The molecule has 1 heterocycles. The van der Waals surface area contributed by atoms with Gasteiger partial charge in [0.1, 0.15) is 0 Å². The molecule has 0 aromatic heterocycles. The number of carbonyl (C=O) groups is 1. The monoisotopic (exact) mass is 222 g/mol. The summed E-state index contributed by atoms with van der Waals surface area (Å²) in [7, 11) is 0. The number of nitrogens with zero attached hydrogens (tertiary/aromatic N) is 1. The van der Waals surface area contributed by atoms with Crippen molar-refractivity contribution in [2.75, 3.05) is 32.8 Å². The standard InChI is InChI=1S/C9H18N2O2.ClH/c1-2-8-13-9(12)11-6-3-4-10-5-7-11;/h10H,2-8H2,1H3;1H. The maximum atomic E-state index is 11.4. The molecule has 84 valence electrons. The second-order valence-electron chi connectivity index (χ2n) is 3.20. The Kier molecular flexibility index (Phi) is 7.61. The van der Waals surface area contributed by atoms with Gasteiger partial charge >= 0.3 is 6.09 Å². The number of rotatable bonds is 2. The Morgan fingerprint density at radius 3 is 2.93 bits per heavy atom. The minimum absolute atomic E-state index is 0. The van der Waals surface area contributed by atoms with Crippen molar-refractivity contribution in [3.8, 4) is 0 Å². The highest BCUT2D eigenvalue weighted by molar-refractivity contribution is 5.85. The van der Waals surface area contributed by atoms with E-state index < -0.39 is 0 Å². The van der Waals surface area contributed by atoms with Crippen LogP contribution in [0.3, 0.4) is 0 Å². The molecule has 0 spiro atoms. The molecule has 0 saturated carbocycles. The fourth-order valence-electron chi connectivity index (χ4n) is 1.31. The lowest BCUT2D eigenvalue weighted by Gasteiger charge is -2.18. The Bertz CT molecular complexity index is 159. The number of hydrogen-bond acceptors (Lipinski definition) is 3. The first kappa shape index (κ1) is 13.5. The van der Waals surface area contributed by atoms with Crippen LogP contribution < -0.4 is 5.32 Å². The molecule has 5 heteroatoms. The third kappa shape index (κ3) is 4.67. The summed E-state index contributed by atoms with van der Waals surface area (Å²) in [6.45, 7) is 5.98. The van der Waals surface area contributed by atoms with E-state index in [1.54, 1.807) is 4.90 Å². The summed E-state index contributed by atoms with van der Waals surface area (Å²) in [5.41, 5.74) is 0. The summed E-state index contributed by atoms with van der Waals surface area (Å²) in [5.74, 6) is 0. The van der Waals surface area contributed by atoms with Crippen LogP contribution >= 0.6 is 12.4 Å². The molecule has 1 rings (SSSR count). The van der Waals surface area contributed by atoms with E-state index >= 15 is 0 Å². The number of hydrogen-bond donors (Lipinski definition) is 1. The fraction of sp³-hybridized carbons (Fsp3) is 0.889. The first-order valence-corrected chi connectivity index (χ1v) is 4.97. The van der Waals surface area contributed by atoms with Gasteiger partial charge in [0.25, 0.3) is 0 Å². The maximum absolute atomic E-state index is 11.4. The molecule has 4 nitrogen and oxygen atoms in total. The van der Waals surface area contributed by atoms with Crippen molar-refractivity contribution >= 4 is 18.5 Å². The Balaban J connectivity index is 0.00000169. The molecule has 0 unspecified atom stereocenters. The molecule has 0 atom stereocenters. The Morgan fingerprint density at radius 1 is 1.43 bits per heavy atom. The van der Waals surface area contributed by atoms with Crippen LogP contribution in [0.5, 0.6) is 0 Å². The molecule has 1 aliphatic rings. The normalized spacial score (nSPS) is 16.8. The van der Waals surface area contributed by atoms with Crippen molar-refractivity contribution in [3.63, 3.8) is 0 Å². The van der Waals surface area contributed by atoms with Crippen molar-refractivity contribution in [2.45, 2.75) is 19.8 Å². The highest BCUT2D eigenvalue weighted by Crippen LogP contribution is 1.99. The number of halogens is 1. The largest absolute Gasteiger partial charge is 0.449 e. The fourth-order valence-corrected chi connectivity index (χ4v) is 1.31. The van der Waals surface area contributed by atoms with E-state index in [1.165, 1.54) is 0 Å². The van der Waals surface area contributed by atoms with Gasteiger partial charge < -0.3 is 15.0 Å². The average molecular weight is 223 g/mol. The first-order chi connectivity index (χ1) is 6.34. The van der Waals surface area contributed by atoms with Crippen molar-refractivity contribution in [2.24, 2.45) is 0 Å². The van der Waals surface area contributed by atoms with Crippen LogP contribution in [0.15, 0.2) is 0 Å². The van der Waals surface area contributed by atoms with E-state index in [0.717, 1.165) is 39.0 Å². The van der Waals surface area contributed by atoms with Crippen molar-refractivity contribution in [1.82, 2.24) is 10.2 Å². The average Bonchev–Trinajstić information content (AvgIpc) is 2.42. The van der Waals surface area contributed by atoms with Gasteiger partial charge in [0, 0.05) is 19.6 Å². The second-order valence-corrected chi connectivity index (χ2v) is 3.20. The zero-order chi connectivity index (χ0) is 9.52. The molecule has 0 aromatic carbocycles. The summed E-state index contributed by atoms with van der Waals surface area (Å²) in [4.78, 5) is 13.2. The van der Waals surface area contributed by atoms with Gasteiger partial charge in [-0.25, -0.2) is 4.79 Å². The predicted octanol–water partition coefficient (Wildman–Crippen LogP) is 1.25. The molecule has 0 radical (unpaired) electrons. The summed E-state index contributed by atoms with van der Waals surface area (Å²) in [6, 6.07) is 0. The van der Waals surface area contributed by atoms with E-state index in [2.05, 4.69) is 5.32 Å². The molecule has 1 aliphatic heterocycles. The quantitative estimate of drug-likeness (QED) is 0.765. The van der Waals surface area contributed by atoms with Crippen LogP contribution in [-0.2, 0) is 4.74 Å². The molecule has 1 N–H and O–H groups in total. The van der Waals surface area contributed by atoms with Crippen LogP contribution in [0.1, 0.15) is 19.8 Å². The molecular formula is C9H19ClN2O2. The Morgan fingerprint density at radius 2 is 2.21 bits per heavy atom. The zero-order valence-electron chi connectivity index (χ0n) is 8.62. The minimum Gasteiger partial charge on any atom is -0.449 e. The lowest BCUT2D eigenvalue weighted by Crippen LogP contribution is -2.34. The van der Waals surface area contributed by atoms with E-state index in [-0.39, 0.29) is 18.5 Å². The van der Waals surface area contributed by atoms with E-state index in [1.807, 2.05) is 6.92 Å². The number of carbonyl (C=O) groups excluding carboxylic acids is 1. The van der Waals surface area contributed by atoms with Gasteiger partial charge in [-0.05, 0) is 19.4 Å². The number of ether oxygens (including phenoxy) is 1. The third-order valence-electron chi connectivity index (χ3n) is 2.03. The van der Waals surface area contributed by atoms with Crippen LogP contribution in [0, 0.1) is 0 Å². The van der Waals surface area contributed by atoms with Crippen LogP contribution in [-0.4, -0.2) is 43.8 Å². The first-order valence-electron chi connectivity index (χ1n) is 4.97. The van der Waals surface area contributed by atoms with Crippen LogP contribution in [0.2, 0.25) is 0 Å². The highest BCUT2D eigenvalue weighted by Gasteiger charge is 2.15. The van der Waals surface area contributed by atoms with Crippen LogP contribution in [0.25, 0.3) is 0 Å². The topological polar surface area (TPSA) is 41.6 Å². The molecule has 1 amide bonds. The number of nitrogens with one attached hydrogen (secondary N) is 1. The van der Waals surface area contributed by atoms with Gasteiger partial charge in [0.05, 0.1) is 6.61 Å². The van der Waals surface area contributed by atoms with Gasteiger partial charge in [0.15, 0.2) is 0 Å². The van der Waals surface area contributed by atoms with Crippen molar-refractivity contribution in [1.29, 1.82) is 0 Å². The second kappa shape index (κ2) is 7.88. The molecule has 0 bridgehead atoms. The highest BCUT2D eigenvalue weighted by atomic mass is 35.5. The lowest BCUT2D eigenvalue weighted by atomic mass is 10.4. The Labute approximate surface area is 91.4 Å². The molecule has 1 saturated heterocycles. The van der Waals surface area contributed by atoms with Gasteiger partial charge in [-0.3, -0.25) is 0 Å². The SMILES string of the molecule is CCCOC(=O)N1CCCNCC1.Cl. The van der Waals surface area contributed by atoms with Gasteiger partial charge in [-0.15, -0.1) is 12.4 Å². The lowest BCUT2D eigenvalue weighted by molar-refractivity contribution is 0.105. The third-order valence-corrected chi connectivity index (χ3v) is 2.03. The minimum atomic E-state index is -0.162. The zero-order valence-corrected chi connectivity index (χ0v) is 9.44. The summed E-state index contributed by atoms with van der Waals surface area (Å²) in [5, 5.41) is 3.24. The molecule has 14 heavy (non-hydrogen) atoms. The Hall–Kier alpha value is -0.480. The smallest absolute Gasteiger partial charge is 0.409 e. The van der Waals surface area contributed by atoms with Gasteiger partial charge in [-0.1, -0.05) is 6.92 Å². The maximum Gasteiger partial charge on any atom is 0.409 e.